The maximum absolute atomic E-state index is 9.90. The number of hydrogen-bond acceptors (Lipinski definition) is 3. The topological polar surface area (TPSA) is 38.7 Å². The monoisotopic (exact) mass is 412 g/mol. The van der Waals surface area contributed by atoms with E-state index in [1.807, 2.05) is 0 Å². The van der Waals surface area contributed by atoms with Crippen LogP contribution in [-0.2, 0) is 9.16 Å². The molecule has 0 aromatic heterocycles. The van der Waals surface area contributed by atoms with Crippen molar-refractivity contribution in [1.82, 2.24) is 0 Å². The molecule has 1 aliphatic carbocycles. The molecule has 1 heterocycles. The number of aliphatic hydroxyl groups excluding tert-OH is 1. The molecule has 1 N–H and O–H groups in total. The molecule has 28 heavy (non-hydrogen) atoms. The standard InChI is InChI=1S/C24H48O3Si/c1-8-9-10-11-12-13-19(27-28(6,7)24(3,4)5)14-15-20-18(2)16-22-21(20)17-23(25)26-22/h18-23,25H,8-17H2,1-7H3/t18-,19?,20+,21-,22+,23?/m1/s1. The first-order valence-corrected chi connectivity index (χ1v) is 15.0. The summed E-state index contributed by atoms with van der Waals surface area (Å²) in [6.07, 6.45) is 12.4. The zero-order chi connectivity index (χ0) is 20.9. The van der Waals surface area contributed by atoms with Gasteiger partial charge in [-0.3, -0.25) is 0 Å². The lowest BCUT2D eigenvalue weighted by molar-refractivity contribution is -0.0922. The van der Waals surface area contributed by atoms with Crippen molar-refractivity contribution in [3.05, 3.63) is 0 Å². The minimum atomic E-state index is -1.74. The van der Waals surface area contributed by atoms with Gasteiger partial charge in [-0.25, -0.2) is 0 Å². The highest BCUT2D eigenvalue weighted by molar-refractivity contribution is 6.74. The van der Waals surface area contributed by atoms with Gasteiger partial charge in [-0.15, -0.1) is 0 Å². The molecular formula is C24H48O3Si. The van der Waals surface area contributed by atoms with Crippen LogP contribution in [0.3, 0.4) is 0 Å². The number of rotatable bonds is 11. The molecule has 3 nitrogen and oxygen atoms in total. The molecule has 6 atom stereocenters. The molecule has 4 heteroatoms. The lowest BCUT2D eigenvalue weighted by Crippen LogP contribution is -2.44. The van der Waals surface area contributed by atoms with Gasteiger partial charge in [0.05, 0.1) is 6.10 Å². The second-order valence-electron chi connectivity index (χ2n) is 11.2. The summed E-state index contributed by atoms with van der Waals surface area (Å²) >= 11 is 0. The molecule has 0 amide bonds. The normalized spacial score (nSPS) is 31.9. The number of hydrogen-bond donors (Lipinski definition) is 1. The van der Waals surface area contributed by atoms with E-state index >= 15 is 0 Å². The first-order valence-electron chi connectivity index (χ1n) is 12.1. The predicted molar refractivity (Wildman–Crippen MR) is 121 cm³/mol. The lowest BCUT2D eigenvalue weighted by atomic mass is 9.83. The van der Waals surface area contributed by atoms with E-state index in [0.29, 0.717) is 30.0 Å². The van der Waals surface area contributed by atoms with Gasteiger partial charge in [0.2, 0.25) is 0 Å². The van der Waals surface area contributed by atoms with Gasteiger partial charge < -0.3 is 14.3 Å². The van der Waals surface area contributed by atoms with Gasteiger partial charge in [0.15, 0.2) is 14.6 Å². The van der Waals surface area contributed by atoms with Crippen LogP contribution in [0.1, 0.15) is 98.8 Å². The maximum Gasteiger partial charge on any atom is 0.192 e. The van der Waals surface area contributed by atoms with E-state index in [-0.39, 0.29) is 5.04 Å². The van der Waals surface area contributed by atoms with Gasteiger partial charge >= 0.3 is 0 Å². The predicted octanol–water partition coefficient (Wildman–Crippen LogP) is 6.90. The van der Waals surface area contributed by atoms with E-state index in [1.165, 1.54) is 51.4 Å². The molecule has 166 valence electrons. The van der Waals surface area contributed by atoms with Crippen molar-refractivity contribution in [2.75, 3.05) is 0 Å². The van der Waals surface area contributed by atoms with Crippen LogP contribution < -0.4 is 0 Å². The summed E-state index contributed by atoms with van der Waals surface area (Å²) in [5.74, 6) is 1.96. The number of aliphatic hydroxyl groups is 1. The van der Waals surface area contributed by atoms with Crippen LogP contribution in [0, 0.1) is 17.8 Å². The van der Waals surface area contributed by atoms with Crippen LogP contribution >= 0.6 is 0 Å². The van der Waals surface area contributed by atoms with Crippen molar-refractivity contribution in [2.45, 2.75) is 135 Å². The van der Waals surface area contributed by atoms with E-state index in [9.17, 15) is 5.11 Å². The summed E-state index contributed by atoms with van der Waals surface area (Å²) in [5.41, 5.74) is 0. The minimum Gasteiger partial charge on any atom is -0.414 e. The average Bonchev–Trinajstić information content (AvgIpc) is 3.06. The first-order chi connectivity index (χ1) is 13.0. The fourth-order valence-electron chi connectivity index (χ4n) is 5.10. The van der Waals surface area contributed by atoms with Gasteiger partial charge in [-0.05, 0) is 61.6 Å². The highest BCUT2D eigenvalue weighted by atomic mass is 28.4. The van der Waals surface area contributed by atoms with Crippen LogP contribution in [0.4, 0.5) is 0 Å². The third-order valence-electron chi connectivity index (χ3n) is 7.89. The Labute approximate surface area is 176 Å². The zero-order valence-corrected chi connectivity index (χ0v) is 20.8. The molecule has 1 saturated carbocycles. The molecule has 1 saturated heterocycles. The van der Waals surface area contributed by atoms with Crippen molar-refractivity contribution < 1.29 is 14.3 Å². The summed E-state index contributed by atoms with van der Waals surface area (Å²) in [7, 11) is -1.74. The Morgan fingerprint density at radius 1 is 1.07 bits per heavy atom. The highest BCUT2D eigenvalue weighted by Gasteiger charge is 2.47. The fraction of sp³-hybridized carbons (Fsp3) is 1.00. The molecule has 1 aliphatic heterocycles. The van der Waals surface area contributed by atoms with Gasteiger partial charge in [-0.1, -0.05) is 66.7 Å². The molecule has 0 aromatic rings. The third kappa shape index (κ3) is 6.55. The number of unbranched alkanes of at least 4 members (excludes halogenated alkanes) is 4. The highest BCUT2D eigenvalue weighted by Crippen LogP contribution is 2.48. The molecule has 2 fully saturated rings. The Morgan fingerprint density at radius 3 is 2.39 bits per heavy atom. The van der Waals surface area contributed by atoms with Gasteiger partial charge in [0, 0.05) is 12.5 Å². The minimum absolute atomic E-state index is 0.266. The zero-order valence-electron chi connectivity index (χ0n) is 19.8. The van der Waals surface area contributed by atoms with E-state index < -0.39 is 14.6 Å². The summed E-state index contributed by atoms with van der Waals surface area (Å²) in [4.78, 5) is 0. The van der Waals surface area contributed by atoms with Crippen LogP contribution in [0.2, 0.25) is 18.1 Å². The molecule has 0 bridgehead atoms. The van der Waals surface area contributed by atoms with Crippen molar-refractivity contribution in [1.29, 1.82) is 0 Å². The molecule has 0 spiro atoms. The van der Waals surface area contributed by atoms with Crippen molar-refractivity contribution >= 4 is 8.32 Å². The van der Waals surface area contributed by atoms with Crippen LogP contribution in [-0.4, -0.2) is 31.9 Å². The summed E-state index contributed by atoms with van der Waals surface area (Å²) in [6, 6.07) is 0. The summed E-state index contributed by atoms with van der Waals surface area (Å²) in [6.45, 7) is 16.5. The number of fused-ring (bicyclic) bond motifs is 1. The lowest BCUT2D eigenvalue weighted by Gasteiger charge is -2.40. The second kappa shape index (κ2) is 10.4. The second-order valence-corrected chi connectivity index (χ2v) is 15.9. The number of ether oxygens (including phenoxy) is 1. The van der Waals surface area contributed by atoms with E-state index in [4.69, 9.17) is 9.16 Å². The van der Waals surface area contributed by atoms with Crippen LogP contribution in [0.15, 0.2) is 0 Å². The fourth-order valence-corrected chi connectivity index (χ4v) is 6.52. The Morgan fingerprint density at radius 2 is 1.75 bits per heavy atom. The molecule has 2 unspecified atom stereocenters. The van der Waals surface area contributed by atoms with Crippen molar-refractivity contribution in [2.24, 2.45) is 17.8 Å². The van der Waals surface area contributed by atoms with E-state index in [2.05, 4.69) is 47.7 Å². The van der Waals surface area contributed by atoms with Crippen molar-refractivity contribution in [3.63, 3.8) is 0 Å². The summed E-state index contributed by atoms with van der Waals surface area (Å²) < 4.78 is 12.6. The van der Waals surface area contributed by atoms with Gasteiger partial charge in [0.25, 0.3) is 0 Å². The Kier molecular flexibility index (Phi) is 9.06. The molecule has 0 radical (unpaired) electrons. The molecule has 0 aromatic carbocycles. The van der Waals surface area contributed by atoms with E-state index in [1.54, 1.807) is 0 Å². The third-order valence-corrected chi connectivity index (χ3v) is 12.4. The Balaban J connectivity index is 1.92. The maximum atomic E-state index is 9.90. The van der Waals surface area contributed by atoms with Crippen LogP contribution in [0.5, 0.6) is 0 Å². The molecule has 2 rings (SSSR count). The van der Waals surface area contributed by atoms with E-state index in [0.717, 1.165) is 12.8 Å². The first kappa shape index (κ1) is 24.4. The van der Waals surface area contributed by atoms with Crippen LogP contribution in [0.25, 0.3) is 0 Å². The summed E-state index contributed by atoms with van der Waals surface area (Å²) in [5, 5.41) is 10.2. The largest absolute Gasteiger partial charge is 0.414 e. The smallest absolute Gasteiger partial charge is 0.192 e. The van der Waals surface area contributed by atoms with Gasteiger partial charge in [-0.2, -0.15) is 0 Å². The SMILES string of the molecule is CCCCCCCC(CC[C@@H]1[C@H]2CC(O)O[C@H]2C[C@H]1C)O[Si](C)(C)C(C)(C)C. The Hall–Kier alpha value is 0.0969. The molecule has 2 aliphatic rings. The van der Waals surface area contributed by atoms with Crippen molar-refractivity contribution in [3.8, 4) is 0 Å². The quantitative estimate of drug-likeness (QED) is 0.296. The average molecular weight is 413 g/mol. The van der Waals surface area contributed by atoms with Gasteiger partial charge in [0.1, 0.15) is 0 Å². The molecular weight excluding hydrogens is 364 g/mol. The Bertz CT molecular complexity index is 459.